The summed E-state index contributed by atoms with van der Waals surface area (Å²) in [6.07, 6.45) is 5.69. The maximum Gasteiger partial charge on any atom is 0.142 e. The molecule has 3 heteroatoms. The van der Waals surface area contributed by atoms with Gasteiger partial charge in [-0.05, 0) is 35.6 Å². The maximum absolute atomic E-state index is 6.46. The zero-order chi connectivity index (χ0) is 15.1. The van der Waals surface area contributed by atoms with E-state index >= 15 is 0 Å². The number of ether oxygens (including phenoxy) is 1. The molecule has 0 saturated heterocycles. The highest BCUT2D eigenvalue weighted by atomic mass is 35.5. The predicted octanol–water partition coefficient (Wildman–Crippen LogP) is 5.18. The summed E-state index contributed by atoms with van der Waals surface area (Å²) in [6.45, 7) is 0. The summed E-state index contributed by atoms with van der Waals surface area (Å²) < 4.78 is 5.56. The molecule has 2 aliphatic rings. The van der Waals surface area contributed by atoms with Crippen molar-refractivity contribution in [3.8, 4) is 5.75 Å². The highest BCUT2D eigenvalue weighted by Crippen LogP contribution is 2.52. The van der Waals surface area contributed by atoms with Gasteiger partial charge in [-0.1, -0.05) is 54.1 Å². The SMILES string of the molecule is COc1cccc2c1N[C@@H](c1ccccc1Cl)[C@@H]1CC=C[C@H]21. The first kappa shape index (κ1) is 13.7. The molecule has 1 N–H and O–H groups in total. The van der Waals surface area contributed by atoms with Gasteiger partial charge in [0.05, 0.1) is 18.8 Å². The van der Waals surface area contributed by atoms with Crippen molar-refractivity contribution >= 4 is 17.3 Å². The molecule has 2 aromatic carbocycles. The highest BCUT2D eigenvalue weighted by Gasteiger charge is 2.39. The Balaban J connectivity index is 1.85. The van der Waals surface area contributed by atoms with Crippen molar-refractivity contribution in [1.29, 1.82) is 0 Å². The van der Waals surface area contributed by atoms with Gasteiger partial charge in [0.15, 0.2) is 0 Å². The number of methoxy groups -OCH3 is 1. The Morgan fingerprint density at radius 2 is 1.91 bits per heavy atom. The lowest BCUT2D eigenvalue weighted by Crippen LogP contribution is -2.29. The molecule has 0 aromatic heterocycles. The zero-order valence-corrected chi connectivity index (χ0v) is 13.2. The van der Waals surface area contributed by atoms with E-state index in [0.29, 0.717) is 11.8 Å². The molecule has 0 unspecified atom stereocenters. The third-order valence-corrected chi connectivity index (χ3v) is 5.16. The average Bonchev–Trinajstić information content (AvgIpc) is 3.04. The van der Waals surface area contributed by atoms with E-state index in [1.807, 2.05) is 18.2 Å². The van der Waals surface area contributed by atoms with Gasteiger partial charge in [-0.15, -0.1) is 0 Å². The number of benzene rings is 2. The molecule has 22 heavy (non-hydrogen) atoms. The van der Waals surface area contributed by atoms with Crippen molar-refractivity contribution in [3.05, 3.63) is 70.8 Å². The maximum atomic E-state index is 6.46. The molecule has 0 amide bonds. The summed E-state index contributed by atoms with van der Waals surface area (Å²) >= 11 is 6.46. The summed E-state index contributed by atoms with van der Waals surface area (Å²) in [5.74, 6) is 1.82. The number of hydrogen-bond acceptors (Lipinski definition) is 2. The van der Waals surface area contributed by atoms with Crippen LogP contribution in [0.25, 0.3) is 0 Å². The van der Waals surface area contributed by atoms with Gasteiger partial charge >= 0.3 is 0 Å². The van der Waals surface area contributed by atoms with E-state index < -0.39 is 0 Å². The van der Waals surface area contributed by atoms with Crippen LogP contribution in [0.2, 0.25) is 5.02 Å². The Morgan fingerprint density at radius 3 is 2.73 bits per heavy atom. The predicted molar refractivity (Wildman–Crippen MR) is 90.8 cm³/mol. The summed E-state index contributed by atoms with van der Waals surface area (Å²) in [5, 5.41) is 4.52. The lowest BCUT2D eigenvalue weighted by atomic mass is 9.77. The highest BCUT2D eigenvalue weighted by molar-refractivity contribution is 6.31. The van der Waals surface area contributed by atoms with Crippen LogP contribution in [-0.2, 0) is 0 Å². The summed E-state index contributed by atoms with van der Waals surface area (Å²) in [4.78, 5) is 0. The topological polar surface area (TPSA) is 21.3 Å². The van der Waals surface area contributed by atoms with Crippen LogP contribution in [0.3, 0.4) is 0 Å². The second-order valence-electron chi connectivity index (χ2n) is 5.92. The molecule has 3 atom stereocenters. The Kier molecular flexibility index (Phi) is 3.34. The van der Waals surface area contributed by atoms with Gasteiger partial charge in [0, 0.05) is 10.9 Å². The molecule has 0 fully saturated rings. The van der Waals surface area contributed by atoms with Crippen molar-refractivity contribution in [2.24, 2.45) is 5.92 Å². The van der Waals surface area contributed by atoms with E-state index in [9.17, 15) is 0 Å². The minimum Gasteiger partial charge on any atom is -0.495 e. The van der Waals surface area contributed by atoms with Gasteiger partial charge in [-0.25, -0.2) is 0 Å². The standard InChI is InChI=1S/C19H18ClNO/c1-22-17-11-5-9-14-12-7-4-8-13(12)18(21-19(14)17)15-6-2-3-10-16(15)20/h2-7,9-13,18,21H,8H2,1H3/t12-,13+,18+/m0/s1. The summed E-state index contributed by atoms with van der Waals surface area (Å²) in [6, 6.07) is 14.6. The number of rotatable bonds is 2. The van der Waals surface area contributed by atoms with E-state index in [4.69, 9.17) is 16.3 Å². The van der Waals surface area contributed by atoms with Crippen LogP contribution in [0, 0.1) is 5.92 Å². The zero-order valence-electron chi connectivity index (χ0n) is 12.4. The van der Waals surface area contributed by atoms with Gasteiger partial charge in [-0.3, -0.25) is 0 Å². The third kappa shape index (κ3) is 2.02. The Bertz CT molecular complexity index is 740. The molecule has 0 saturated carbocycles. The Morgan fingerprint density at radius 1 is 1.09 bits per heavy atom. The van der Waals surface area contributed by atoms with Crippen molar-refractivity contribution in [3.63, 3.8) is 0 Å². The number of para-hydroxylation sites is 1. The molecule has 0 radical (unpaired) electrons. The molecule has 4 rings (SSSR count). The number of anilines is 1. The number of halogens is 1. The number of nitrogens with one attached hydrogen (secondary N) is 1. The fourth-order valence-corrected chi connectivity index (χ4v) is 4.05. The van der Waals surface area contributed by atoms with Crippen LogP contribution >= 0.6 is 11.6 Å². The first-order chi connectivity index (χ1) is 10.8. The van der Waals surface area contributed by atoms with Crippen LogP contribution < -0.4 is 10.1 Å². The lowest BCUT2D eigenvalue weighted by Gasteiger charge is -2.38. The molecule has 1 aliphatic heterocycles. The minimum absolute atomic E-state index is 0.206. The summed E-state index contributed by atoms with van der Waals surface area (Å²) in [7, 11) is 1.72. The third-order valence-electron chi connectivity index (χ3n) is 4.82. The van der Waals surface area contributed by atoms with Crippen LogP contribution in [0.15, 0.2) is 54.6 Å². The summed E-state index contributed by atoms with van der Waals surface area (Å²) in [5.41, 5.74) is 3.59. The first-order valence-electron chi connectivity index (χ1n) is 7.64. The van der Waals surface area contributed by atoms with Gasteiger partial charge in [0.25, 0.3) is 0 Å². The fraction of sp³-hybridized carbons (Fsp3) is 0.263. The van der Waals surface area contributed by atoms with Crippen LogP contribution in [0.5, 0.6) is 5.75 Å². The van der Waals surface area contributed by atoms with E-state index in [0.717, 1.165) is 22.9 Å². The molecule has 0 spiro atoms. The molecule has 112 valence electrons. The first-order valence-corrected chi connectivity index (χ1v) is 8.02. The molecule has 0 bridgehead atoms. The average molecular weight is 312 g/mol. The van der Waals surface area contributed by atoms with Gasteiger partial charge in [0.2, 0.25) is 0 Å². The van der Waals surface area contributed by atoms with E-state index in [2.05, 4.69) is 41.7 Å². The fourth-order valence-electron chi connectivity index (χ4n) is 3.80. The Hall–Kier alpha value is -1.93. The quantitative estimate of drug-likeness (QED) is 0.772. The molecule has 2 aromatic rings. The van der Waals surface area contributed by atoms with E-state index in [-0.39, 0.29) is 6.04 Å². The molecule has 1 aliphatic carbocycles. The van der Waals surface area contributed by atoms with Crippen molar-refractivity contribution < 1.29 is 4.74 Å². The molecular formula is C19H18ClNO. The monoisotopic (exact) mass is 311 g/mol. The second kappa shape index (κ2) is 5.36. The Labute approximate surface area is 135 Å². The van der Waals surface area contributed by atoms with Gasteiger partial charge in [0.1, 0.15) is 5.75 Å². The van der Waals surface area contributed by atoms with Crippen molar-refractivity contribution in [2.75, 3.05) is 12.4 Å². The number of hydrogen-bond donors (Lipinski definition) is 1. The largest absolute Gasteiger partial charge is 0.495 e. The normalized spacial score (nSPS) is 25.3. The van der Waals surface area contributed by atoms with Gasteiger partial charge in [-0.2, -0.15) is 0 Å². The van der Waals surface area contributed by atoms with Crippen LogP contribution in [0.4, 0.5) is 5.69 Å². The van der Waals surface area contributed by atoms with E-state index in [1.54, 1.807) is 7.11 Å². The molecule has 1 heterocycles. The number of fused-ring (bicyclic) bond motifs is 3. The van der Waals surface area contributed by atoms with Crippen LogP contribution in [0.1, 0.15) is 29.5 Å². The molecular weight excluding hydrogens is 294 g/mol. The minimum atomic E-state index is 0.206. The van der Waals surface area contributed by atoms with Gasteiger partial charge < -0.3 is 10.1 Å². The second-order valence-corrected chi connectivity index (χ2v) is 6.33. The van der Waals surface area contributed by atoms with Crippen molar-refractivity contribution in [1.82, 2.24) is 0 Å². The van der Waals surface area contributed by atoms with E-state index in [1.165, 1.54) is 11.1 Å². The van der Waals surface area contributed by atoms with Crippen molar-refractivity contribution in [2.45, 2.75) is 18.4 Å². The molecule has 2 nitrogen and oxygen atoms in total. The van der Waals surface area contributed by atoms with Crippen LogP contribution in [-0.4, -0.2) is 7.11 Å². The smallest absolute Gasteiger partial charge is 0.142 e. The lowest BCUT2D eigenvalue weighted by molar-refractivity contribution is 0.397. The number of allylic oxidation sites excluding steroid dienone is 2.